The van der Waals surface area contributed by atoms with Crippen molar-refractivity contribution in [3.05, 3.63) is 35.5 Å². The zero-order valence-electron chi connectivity index (χ0n) is 18.3. The first-order valence-electron chi connectivity index (χ1n) is 11.5. The molecule has 1 saturated carbocycles. The molecular weight excluding hydrogens is 374 g/mol. The number of benzene rings is 1. The molecule has 30 heavy (non-hydrogen) atoms. The van der Waals surface area contributed by atoms with Gasteiger partial charge in [-0.2, -0.15) is 0 Å². The van der Waals surface area contributed by atoms with Gasteiger partial charge in [0.15, 0.2) is 5.96 Å². The Morgan fingerprint density at radius 1 is 1.27 bits per heavy atom. The molecule has 2 fully saturated rings. The Morgan fingerprint density at radius 2 is 2.10 bits per heavy atom. The molecule has 2 aliphatic rings. The van der Waals surface area contributed by atoms with E-state index in [-0.39, 0.29) is 12.0 Å². The molecule has 1 aromatic heterocycles. The highest BCUT2D eigenvalue weighted by Crippen LogP contribution is 2.28. The molecule has 1 unspecified atom stereocenters. The molecule has 1 amide bonds. The van der Waals surface area contributed by atoms with E-state index in [2.05, 4.69) is 58.8 Å². The summed E-state index contributed by atoms with van der Waals surface area (Å²) in [6.45, 7) is 7.44. The molecule has 0 spiro atoms. The topological polar surface area (TPSA) is 72.5 Å². The number of rotatable bonds is 6. The molecule has 162 valence electrons. The summed E-state index contributed by atoms with van der Waals surface area (Å²) in [4.78, 5) is 23.0. The Balaban J connectivity index is 1.32. The SMILES string of the molecule is CCNC(=NCCc1c[nH]c2c(C)cccc12)NC1CCN(C(=O)C2CCCC2)C1. The van der Waals surface area contributed by atoms with Crippen LogP contribution in [0, 0.1) is 12.8 Å². The summed E-state index contributed by atoms with van der Waals surface area (Å²) < 4.78 is 0. The first kappa shape index (κ1) is 20.8. The smallest absolute Gasteiger partial charge is 0.225 e. The predicted octanol–water partition coefficient (Wildman–Crippen LogP) is 3.37. The molecule has 1 aromatic carbocycles. The minimum Gasteiger partial charge on any atom is -0.361 e. The van der Waals surface area contributed by atoms with Gasteiger partial charge in [-0.05, 0) is 50.7 Å². The zero-order valence-corrected chi connectivity index (χ0v) is 18.3. The number of aryl methyl sites for hydroxylation is 1. The third-order valence-electron chi connectivity index (χ3n) is 6.55. The zero-order chi connectivity index (χ0) is 20.9. The molecule has 3 N–H and O–H groups in total. The van der Waals surface area contributed by atoms with Crippen molar-refractivity contribution in [2.45, 2.75) is 58.4 Å². The number of para-hydroxylation sites is 1. The van der Waals surface area contributed by atoms with Gasteiger partial charge in [-0.15, -0.1) is 0 Å². The van der Waals surface area contributed by atoms with Crippen molar-refractivity contribution in [3.63, 3.8) is 0 Å². The third kappa shape index (κ3) is 4.63. The number of aromatic nitrogens is 1. The van der Waals surface area contributed by atoms with Crippen molar-refractivity contribution in [1.29, 1.82) is 0 Å². The summed E-state index contributed by atoms with van der Waals surface area (Å²) in [7, 11) is 0. The quantitative estimate of drug-likeness (QED) is 0.506. The molecule has 1 aliphatic carbocycles. The van der Waals surface area contributed by atoms with Gasteiger partial charge in [-0.25, -0.2) is 0 Å². The van der Waals surface area contributed by atoms with Crippen LogP contribution in [-0.2, 0) is 11.2 Å². The number of H-pyrrole nitrogens is 1. The number of hydrogen-bond donors (Lipinski definition) is 3. The van der Waals surface area contributed by atoms with E-state index in [1.165, 1.54) is 34.9 Å². The number of hydrogen-bond acceptors (Lipinski definition) is 2. The second kappa shape index (κ2) is 9.54. The summed E-state index contributed by atoms with van der Waals surface area (Å²) in [6.07, 6.45) is 8.56. The molecule has 6 nitrogen and oxygen atoms in total. The minimum absolute atomic E-state index is 0.269. The van der Waals surface area contributed by atoms with Gasteiger partial charge < -0.3 is 20.5 Å². The summed E-state index contributed by atoms with van der Waals surface area (Å²) in [5.41, 5.74) is 3.80. The molecule has 1 aliphatic heterocycles. The number of likely N-dealkylation sites (tertiary alicyclic amines) is 1. The molecule has 1 atom stereocenters. The van der Waals surface area contributed by atoms with Crippen LogP contribution in [0.3, 0.4) is 0 Å². The van der Waals surface area contributed by atoms with Gasteiger partial charge >= 0.3 is 0 Å². The highest BCUT2D eigenvalue weighted by Gasteiger charge is 2.32. The van der Waals surface area contributed by atoms with Crippen LogP contribution < -0.4 is 10.6 Å². The van der Waals surface area contributed by atoms with Crippen molar-refractivity contribution >= 4 is 22.8 Å². The highest BCUT2D eigenvalue weighted by atomic mass is 16.2. The van der Waals surface area contributed by atoms with Crippen molar-refractivity contribution in [3.8, 4) is 0 Å². The largest absolute Gasteiger partial charge is 0.361 e. The number of guanidine groups is 1. The number of fused-ring (bicyclic) bond motifs is 1. The normalized spacial score (nSPS) is 20.3. The maximum absolute atomic E-state index is 12.7. The van der Waals surface area contributed by atoms with Crippen LogP contribution in [0.1, 0.15) is 50.2 Å². The van der Waals surface area contributed by atoms with Gasteiger partial charge in [0.2, 0.25) is 5.91 Å². The average Bonchev–Trinajstić information content (AvgIpc) is 3.49. The van der Waals surface area contributed by atoms with E-state index in [4.69, 9.17) is 4.99 Å². The molecular formula is C24H35N5O. The lowest BCUT2D eigenvalue weighted by Gasteiger charge is -2.21. The Labute approximate surface area is 179 Å². The average molecular weight is 410 g/mol. The Morgan fingerprint density at radius 3 is 2.90 bits per heavy atom. The van der Waals surface area contributed by atoms with Crippen molar-refractivity contribution < 1.29 is 4.79 Å². The lowest BCUT2D eigenvalue weighted by Crippen LogP contribution is -2.45. The number of aliphatic imine (C=N–C) groups is 1. The number of aromatic amines is 1. The lowest BCUT2D eigenvalue weighted by molar-refractivity contribution is -0.134. The second-order valence-corrected chi connectivity index (χ2v) is 8.72. The Bertz CT molecular complexity index is 896. The standard InChI is InChI=1S/C24H35N5O/c1-3-25-24(26-13-11-19-15-27-22-17(2)7-6-10-21(19)22)28-20-12-14-29(16-20)23(30)18-8-4-5-9-18/h6-7,10,15,18,20,27H,3-5,8-9,11-14,16H2,1-2H3,(H2,25,26,28). The van der Waals surface area contributed by atoms with Gasteiger partial charge in [0.25, 0.3) is 0 Å². The van der Waals surface area contributed by atoms with Crippen LogP contribution in [0.4, 0.5) is 0 Å². The van der Waals surface area contributed by atoms with Crippen LogP contribution in [0.2, 0.25) is 0 Å². The van der Waals surface area contributed by atoms with E-state index in [1.807, 2.05) is 0 Å². The fourth-order valence-corrected chi connectivity index (χ4v) is 4.88. The Hall–Kier alpha value is -2.50. The van der Waals surface area contributed by atoms with Gasteiger partial charge in [0.1, 0.15) is 0 Å². The first-order chi connectivity index (χ1) is 14.7. The maximum Gasteiger partial charge on any atom is 0.225 e. The number of nitrogens with zero attached hydrogens (tertiary/aromatic N) is 2. The number of carbonyl (C=O) groups excluding carboxylic acids is 1. The van der Waals surface area contributed by atoms with Crippen molar-refractivity contribution in [1.82, 2.24) is 20.5 Å². The summed E-state index contributed by atoms with van der Waals surface area (Å²) >= 11 is 0. The molecule has 2 heterocycles. The summed E-state index contributed by atoms with van der Waals surface area (Å²) in [5.74, 6) is 1.49. The van der Waals surface area contributed by atoms with Crippen LogP contribution >= 0.6 is 0 Å². The van der Waals surface area contributed by atoms with E-state index in [1.54, 1.807) is 0 Å². The van der Waals surface area contributed by atoms with Gasteiger partial charge in [-0.1, -0.05) is 31.0 Å². The number of nitrogens with one attached hydrogen (secondary N) is 3. The van der Waals surface area contributed by atoms with Crippen LogP contribution in [0.5, 0.6) is 0 Å². The van der Waals surface area contributed by atoms with Crippen molar-refractivity contribution in [2.75, 3.05) is 26.2 Å². The Kier molecular flexibility index (Phi) is 6.60. The van der Waals surface area contributed by atoms with E-state index in [9.17, 15) is 4.79 Å². The van der Waals surface area contributed by atoms with Gasteiger partial charge in [0, 0.05) is 55.2 Å². The lowest BCUT2D eigenvalue weighted by atomic mass is 10.1. The minimum atomic E-state index is 0.269. The van der Waals surface area contributed by atoms with E-state index in [0.717, 1.165) is 57.8 Å². The monoisotopic (exact) mass is 409 g/mol. The second-order valence-electron chi connectivity index (χ2n) is 8.72. The molecule has 1 saturated heterocycles. The molecule has 4 rings (SSSR count). The first-order valence-corrected chi connectivity index (χ1v) is 11.5. The fraction of sp³-hybridized carbons (Fsp3) is 0.583. The van der Waals surface area contributed by atoms with Crippen LogP contribution in [-0.4, -0.2) is 54.0 Å². The predicted molar refractivity (Wildman–Crippen MR) is 123 cm³/mol. The third-order valence-corrected chi connectivity index (χ3v) is 6.55. The van der Waals surface area contributed by atoms with Gasteiger partial charge in [0.05, 0.1) is 0 Å². The number of carbonyl (C=O) groups is 1. The number of amides is 1. The fourth-order valence-electron chi connectivity index (χ4n) is 4.88. The van der Waals surface area contributed by atoms with Crippen LogP contribution in [0.15, 0.2) is 29.4 Å². The maximum atomic E-state index is 12.7. The van der Waals surface area contributed by atoms with Gasteiger partial charge in [-0.3, -0.25) is 9.79 Å². The molecule has 0 radical (unpaired) electrons. The molecule has 6 heteroatoms. The van der Waals surface area contributed by atoms with E-state index >= 15 is 0 Å². The van der Waals surface area contributed by atoms with Crippen LogP contribution in [0.25, 0.3) is 10.9 Å². The highest BCUT2D eigenvalue weighted by molar-refractivity contribution is 5.86. The van der Waals surface area contributed by atoms with E-state index in [0.29, 0.717) is 5.91 Å². The molecule has 2 aromatic rings. The molecule has 0 bridgehead atoms. The summed E-state index contributed by atoms with van der Waals surface area (Å²) in [5, 5.41) is 8.21. The van der Waals surface area contributed by atoms with Crippen molar-refractivity contribution in [2.24, 2.45) is 10.9 Å². The van der Waals surface area contributed by atoms with E-state index < -0.39 is 0 Å². The summed E-state index contributed by atoms with van der Waals surface area (Å²) in [6, 6.07) is 6.71.